The number of anilines is 1. The number of nitrogens with two attached hydrogens (primary N) is 1. The van der Waals surface area contributed by atoms with Gasteiger partial charge in [-0.15, -0.1) is 0 Å². The van der Waals surface area contributed by atoms with E-state index in [4.69, 9.17) is 10.2 Å². The number of oxazole rings is 1. The van der Waals surface area contributed by atoms with Crippen molar-refractivity contribution in [2.24, 2.45) is 10.7 Å². The van der Waals surface area contributed by atoms with Crippen LogP contribution in [0.2, 0.25) is 0 Å². The van der Waals surface area contributed by atoms with E-state index in [1.165, 1.54) is 5.56 Å². The van der Waals surface area contributed by atoms with Gasteiger partial charge in [0, 0.05) is 11.3 Å². The van der Waals surface area contributed by atoms with Gasteiger partial charge >= 0.3 is 0 Å². The lowest BCUT2D eigenvalue weighted by Gasteiger charge is -2.09. The minimum atomic E-state index is 0.352. The Morgan fingerprint density at radius 3 is 2.72 bits per heavy atom. The molecule has 1 aromatic heterocycles. The average molecular weight is 334 g/mol. The topological polar surface area (TPSA) is 76.4 Å². The van der Waals surface area contributed by atoms with Crippen molar-refractivity contribution in [2.45, 2.75) is 26.3 Å². The number of rotatable bonds is 5. The van der Waals surface area contributed by atoms with Crippen LogP contribution in [0.4, 0.5) is 5.69 Å². The third-order valence-corrected chi connectivity index (χ3v) is 3.81. The molecule has 25 heavy (non-hydrogen) atoms. The molecule has 0 aliphatic rings. The Bertz CT molecular complexity index is 853. The highest BCUT2D eigenvalue weighted by atomic mass is 16.3. The minimum Gasteiger partial charge on any atom is -0.444 e. The highest BCUT2D eigenvalue weighted by Crippen LogP contribution is 2.19. The van der Waals surface area contributed by atoms with E-state index in [-0.39, 0.29) is 0 Å². The lowest BCUT2D eigenvalue weighted by Crippen LogP contribution is -2.22. The molecule has 0 aliphatic heterocycles. The molecular weight excluding hydrogens is 312 g/mol. The minimum absolute atomic E-state index is 0.352. The number of nitrogens with one attached hydrogen (secondary N) is 1. The first-order chi connectivity index (χ1) is 12.1. The largest absolute Gasteiger partial charge is 0.444 e. The summed E-state index contributed by atoms with van der Waals surface area (Å²) in [6.45, 7) is 4.68. The van der Waals surface area contributed by atoms with Gasteiger partial charge in [-0.25, -0.2) is 9.98 Å². The zero-order valence-corrected chi connectivity index (χ0v) is 14.4. The van der Waals surface area contributed by atoms with Crippen molar-refractivity contribution in [2.75, 3.05) is 5.32 Å². The van der Waals surface area contributed by atoms with Crippen LogP contribution in [0.5, 0.6) is 0 Å². The first-order valence-electron chi connectivity index (χ1n) is 8.28. The van der Waals surface area contributed by atoms with Gasteiger partial charge in [0.05, 0.1) is 6.54 Å². The van der Waals surface area contributed by atoms with Crippen molar-refractivity contribution in [3.05, 3.63) is 72.1 Å². The molecule has 0 bridgehead atoms. The normalized spacial score (nSPS) is 11.7. The van der Waals surface area contributed by atoms with Crippen molar-refractivity contribution in [1.82, 2.24) is 4.98 Å². The molecule has 0 spiro atoms. The van der Waals surface area contributed by atoms with Gasteiger partial charge in [0.2, 0.25) is 5.89 Å². The van der Waals surface area contributed by atoms with Crippen molar-refractivity contribution in [3.63, 3.8) is 0 Å². The molecule has 0 radical (unpaired) electrons. The Labute approximate surface area is 147 Å². The Hall–Kier alpha value is -3.08. The van der Waals surface area contributed by atoms with E-state index in [0.717, 1.165) is 16.9 Å². The maximum absolute atomic E-state index is 5.98. The quantitative estimate of drug-likeness (QED) is 0.536. The van der Waals surface area contributed by atoms with E-state index in [1.54, 1.807) is 6.26 Å². The molecule has 3 aromatic rings. The summed E-state index contributed by atoms with van der Waals surface area (Å²) < 4.78 is 5.50. The molecule has 128 valence electrons. The molecule has 3 N–H and O–H groups in total. The molecule has 3 rings (SSSR count). The number of nitrogens with zero attached hydrogens (tertiary/aromatic N) is 2. The van der Waals surface area contributed by atoms with Gasteiger partial charge in [0.25, 0.3) is 0 Å². The number of hydrogen-bond donors (Lipinski definition) is 2. The number of guanidine groups is 1. The summed E-state index contributed by atoms with van der Waals surface area (Å²) in [4.78, 5) is 8.77. The van der Waals surface area contributed by atoms with Crippen LogP contribution in [0.15, 0.2) is 70.3 Å². The van der Waals surface area contributed by atoms with Crippen molar-refractivity contribution >= 4 is 11.6 Å². The maximum Gasteiger partial charge on any atom is 0.226 e. The summed E-state index contributed by atoms with van der Waals surface area (Å²) >= 11 is 0. The summed E-state index contributed by atoms with van der Waals surface area (Å²) in [5, 5.41) is 3.12. The Morgan fingerprint density at radius 1 is 1.16 bits per heavy atom. The molecule has 0 saturated heterocycles. The van der Waals surface area contributed by atoms with E-state index in [9.17, 15) is 0 Å². The van der Waals surface area contributed by atoms with Crippen LogP contribution < -0.4 is 11.1 Å². The molecule has 0 unspecified atom stereocenters. The predicted molar refractivity (Wildman–Crippen MR) is 101 cm³/mol. The smallest absolute Gasteiger partial charge is 0.226 e. The zero-order chi connectivity index (χ0) is 17.6. The summed E-state index contributed by atoms with van der Waals surface area (Å²) in [6.07, 6.45) is 1.61. The van der Waals surface area contributed by atoms with E-state index in [0.29, 0.717) is 24.3 Å². The summed E-state index contributed by atoms with van der Waals surface area (Å²) in [6, 6.07) is 17.9. The fourth-order valence-electron chi connectivity index (χ4n) is 2.42. The summed E-state index contributed by atoms with van der Waals surface area (Å²) in [7, 11) is 0. The van der Waals surface area contributed by atoms with Gasteiger partial charge < -0.3 is 15.5 Å². The fourth-order valence-corrected chi connectivity index (χ4v) is 2.42. The second-order valence-electron chi connectivity index (χ2n) is 6.12. The van der Waals surface area contributed by atoms with Crippen molar-refractivity contribution in [3.8, 4) is 11.5 Å². The molecule has 0 fully saturated rings. The van der Waals surface area contributed by atoms with Crippen LogP contribution in [0.1, 0.15) is 31.0 Å². The molecule has 0 amide bonds. The predicted octanol–water partition coefficient (Wildman–Crippen LogP) is 4.39. The number of benzene rings is 2. The first-order valence-corrected chi connectivity index (χ1v) is 8.28. The second-order valence-corrected chi connectivity index (χ2v) is 6.12. The first kappa shape index (κ1) is 16.8. The molecule has 2 aromatic carbocycles. The maximum atomic E-state index is 5.98. The van der Waals surface area contributed by atoms with Crippen molar-refractivity contribution < 1.29 is 4.42 Å². The SMILES string of the molecule is CC(C)c1cccc(NC(N)=NCc2coc(-c3ccccc3)n2)c1. The van der Waals surface area contributed by atoms with Crippen LogP contribution in [-0.4, -0.2) is 10.9 Å². The average Bonchev–Trinajstić information content (AvgIpc) is 3.10. The van der Waals surface area contributed by atoms with Gasteiger partial charge in [-0.05, 0) is 35.7 Å². The molecular formula is C20H22N4O. The van der Waals surface area contributed by atoms with Gasteiger partial charge in [-0.2, -0.15) is 0 Å². The Morgan fingerprint density at radius 2 is 1.96 bits per heavy atom. The summed E-state index contributed by atoms with van der Waals surface area (Å²) in [5.41, 5.74) is 9.83. The zero-order valence-electron chi connectivity index (χ0n) is 14.4. The molecule has 0 atom stereocenters. The van der Waals surface area contributed by atoms with Crippen molar-refractivity contribution in [1.29, 1.82) is 0 Å². The van der Waals surface area contributed by atoms with Crippen LogP contribution in [0, 0.1) is 0 Å². The van der Waals surface area contributed by atoms with Crippen LogP contribution in [0.25, 0.3) is 11.5 Å². The number of aromatic nitrogens is 1. The van der Waals surface area contributed by atoms with Gasteiger partial charge in [0.15, 0.2) is 5.96 Å². The Kier molecular flexibility index (Phi) is 5.14. The monoisotopic (exact) mass is 334 g/mol. The Balaban J connectivity index is 1.64. The third-order valence-electron chi connectivity index (χ3n) is 3.81. The van der Waals surface area contributed by atoms with Crippen LogP contribution in [0.3, 0.4) is 0 Å². The number of aliphatic imine (C=N–C) groups is 1. The molecule has 5 heteroatoms. The number of hydrogen-bond acceptors (Lipinski definition) is 3. The van der Waals surface area contributed by atoms with Gasteiger partial charge in [-0.1, -0.05) is 44.2 Å². The molecule has 0 aliphatic carbocycles. The molecule has 1 heterocycles. The van der Waals surface area contributed by atoms with Gasteiger partial charge in [0.1, 0.15) is 12.0 Å². The van der Waals surface area contributed by atoms with Crippen LogP contribution >= 0.6 is 0 Å². The van der Waals surface area contributed by atoms with Gasteiger partial charge in [-0.3, -0.25) is 0 Å². The summed E-state index contributed by atoms with van der Waals surface area (Å²) in [5.74, 6) is 1.40. The van der Waals surface area contributed by atoms with E-state index >= 15 is 0 Å². The molecule has 0 saturated carbocycles. The van der Waals surface area contributed by atoms with E-state index in [1.807, 2.05) is 42.5 Å². The second kappa shape index (κ2) is 7.66. The van der Waals surface area contributed by atoms with E-state index in [2.05, 4.69) is 41.3 Å². The highest BCUT2D eigenvalue weighted by Gasteiger charge is 2.06. The van der Waals surface area contributed by atoms with E-state index < -0.39 is 0 Å². The van der Waals surface area contributed by atoms with Crippen LogP contribution in [-0.2, 0) is 6.54 Å². The lowest BCUT2D eigenvalue weighted by atomic mass is 10.0. The lowest BCUT2D eigenvalue weighted by molar-refractivity contribution is 0.572. The third kappa shape index (κ3) is 4.47. The molecule has 5 nitrogen and oxygen atoms in total. The highest BCUT2D eigenvalue weighted by molar-refractivity contribution is 5.92. The fraction of sp³-hybridized carbons (Fsp3) is 0.200. The standard InChI is InChI=1S/C20H22N4O/c1-14(2)16-9-6-10-17(11-16)24-20(21)22-12-18-13-25-19(23-18)15-7-4-3-5-8-15/h3-11,13-14H,12H2,1-2H3,(H3,21,22,24).